The van der Waals surface area contributed by atoms with Crippen molar-refractivity contribution in [1.29, 1.82) is 0 Å². The molecule has 1 amide bonds. The highest BCUT2D eigenvalue weighted by molar-refractivity contribution is 5.78. The molecule has 0 bridgehead atoms. The molecule has 1 N–H and O–H groups in total. The van der Waals surface area contributed by atoms with Crippen LogP contribution >= 0.6 is 0 Å². The van der Waals surface area contributed by atoms with E-state index in [0.29, 0.717) is 31.5 Å². The molecule has 2 heterocycles. The summed E-state index contributed by atoms with van der Waals surface area (Å²) in [4.78, 5) is 21.5. The second-order valence-corrected chi connectivity index (χ2v) is 6.79. The van der Waals surface area contributed by atoms with Crippen LogP contribution in [-0.2, 0) is 17.4 Å². The molecule has 1 fully saturated rings. The number of alkyl halides is 3. The number of nitrogens with zero attached hydrogens (tertiary/aromatic N) is 3. The van der Waals surface area contributed by atoms with Crippen molar-refractivity contribution in [2.45, 2.75) is 38.4 Å². The molecule has 1 saturated heterocycles. The fourth-order valence-corrected chi connectivity index (χ4v) is 3.18. The van der Waals surface area contributed by atoms with Crippen LogP contribution in [-0.4, -0.2) is 35.0 Å². The molecule has 5 nitrogen and oxygen atoms in total. The van der Waals surface area contributed by atoms with Gasteiger partial charge in [-0.2, -0.15) is 13.2 Å². The molecule has 1 aliphatic rings. The van der Waals surface area contributed by atoms with Crippen LogP contribution in [0.25, 0.3) is 0 Å². The fraction of sp³-hybridized carbons (Fsp3) is 0.421. The normalized spacial score (nSPS) is 15.5. The number of halogens is 4. The van der Waals surface area contributed by atoms with E-state index in [0.717, 1.165) is 6.07 Å². The van der Waals surface area contributed by atoms with Crippen LogP contribution in [0, 0.1) is 12.7 Å². The van der Waals surface area contributed by atoms with Gasteiger partial charge in [0.05, 0.1) is 6.42 Å². The summed E-state index contributed by atoms with van der Waals surface area (Å²) in [5.41, 5.74) is -0.239. The van der Waals surface area contributed by atoms with Crippen molar-refractivity contribution < 1.29 is 22.4 Å². The van der Waals surface area contributed by atoms with Crippen LogP contribution in [0.3, 0.4) is 0 Å². The Labute approximate surface area is 159 Å². The zero-order valence-electron chi connectivity index (χ0n) is 15.3. The Morgan fingerprint density at radius 3 is 2.43 bits per heavy atom. The minimum Gasteiger partial charge on any atom is -0.356 e. The highest BCUT2D eigenvalue weighted by Gasteiger charge is 2.34. The summed E-state index contributed by atoms with van der Waals surface area (Å²) in [5.74, 6) is -0.206. The van der Waals surface area contributed by atoms with E-state index in [4.69, 9.17) is 0 Å². The summed E-state index contributed by atoms with van der Waals surface area (Å²) in [7, 11) is 0. The largest absolute Gasteiger partial charge is 0.433 e. The smallest absolute Gasteiger partial charge is 0.356 e. The second-order valence-electron chi connectivity index (χ2n) is 6.79. The Balaban J connectivity index is 1.55. The number of benzene rings is 1. The van der Waals surface area contributed by atoms with E-state index in [9.17, 15) is 22.4 Å². The highest BCUT2D eigenvalue weighted by Crippen LogP contribution is 2.30. The third-order valence-electron chi connectivity index (χ3n) is 4.58. The molecular formula is C19H20F4N4O. The molecule has 0 atom stereocenters. The standard InChI is InChI=1S/C19H20F4N4O/c1-12-24-16(19(21,22)23)11-17(25-12)27-8-6-15(7-9-27)26-18(28)10-13-2-4-14(20)5-3-13/h2-5,11,15H,6-10H2,1H3,(H,26,28). The molecule has 28 heavy (non-hydrogen) atoms. The summed E-state index contributed by atoms with van der Waals surface area (Å²) in [5, 5.41) is 2.93. The third-order valence-corrected chi connectivity index (χ3v) is 4.58. The van der Waals surface area contributed by atoms with Crippen molar-refractivity contribution in [3.8, 4) is 0 Å². The lowest BCUT2D eigenvalue weighted by molar-refractivity contribution is -0.141. The molecule has 0 spiro atoms. The van der Waals surface area contributed by atoms with Crippen molar-refractivity contribution in [3.05, 3.63) is 53.2 Å². The summed E-state index contributed by atoms with van der Waals surface area (Å²) in [6, 6.07) is 6.63. The van der Waals surface area contributed by atoms with Gasteiger partial charge in [-0.1, -0.05) is 12.1 Å². The van der Waals surface area contributed by atoms with Gasteiger partial charge < -0.3 is 10.2 Å². The predicted molar refractivity (Wildman–Crippen MR) is 95.3 cm³/mol. The molecule has 0 radical (unpaired) electrons. The summed E-state index contributed by atoms with van der Waals surface area (Å²) in [6.07, 6.45) is -3.17. The number of amides is 1. The number of anilines is 1. The Morgan fingerprint density at radius 2 is 1.82 bits per heavy atom. The molecule has 0 saturated carbocycles. The molecule has 0 unspecified atom stereocenters. The Morgan fingerprint density at radius 1 is 1.18 bits per heavy atom. The molecule has 3 rings (SSSR count). The molecule has 1 aliphatic heterocycles. The molecule has 9 heteroatoms. The van der Waals surface area contributed by atoms with Crippen LogP contribution in [0.2, 0.25) is 0 Å². The summed E-state index contributed by atoms with van der Waals surface area (Å²) >= 11 is 0. The minimum atomic E-state index is -4.52. The SMILES string of the molecule is Cc1nc(N2CCC(NC(=O)Cc3ccc(F)cc3)CC2)cc(C(F)(F)F)n1. The summed E-state index contributed by atoms with van der Waals surface area (Å²) < 4.78 is 51.7. The predicted octanol–water partition coefficient (Wildman–Crippen LogP) is 3.27. The first-order chi connectivity index (χ1) is 13.2. The van der Waals surface area contributed by atoms with Crippen LogP contribution in [0.5, 0.6) is 0 Å². The maximum absolute atomic E-state index is 12.9. The molecule has 150 valence electrons. The number of piperidine rings is 1. The molecular weight excluding hydrogens is 376 g/mol. The minimum absolute atomic E-state index is 0.0609. The first-order valence-electron chi connectivity index (χ1n) is 8.92. The summed E-state index contributed by atoms with van der Waals surface area (Å²) in [6.45, 7) is 2.39. The van der Waals surface area contributed by atoms with Gasteiger partial charge in [-0.15, -0.1) is 0 Å². The second kappa shape index (κ2) is 8.12. The van der Waals surface area contributed by atoms with E-state index in [-0.39, 0.29) is 35.8 Å². The lowest BCUT2D eigenvalue weighted by atomic mass is 10.0. The number of hydrogen-bond donors (Lipinski definition) is 1. The van der Waals surface area contributed by atoms with Crippen LogP contribution in [0.15, 0.2) is 30.3 Å². The van der Waals surface area contributed by atoms with Crippen molar-refractivity contribution >= 4 is 11.7 Å². The number of rotatable bonds is 4. The number of carbonyl (C=O) groups excluding carboxylic acids is 1. The van der Waals surface area contributed by atoms with Gasteiger partial charge >= 0.3 is 6.18 Å². The van der Waals surface area contributed by atoms with E-state index in [1.807, 2.05) is 0 Å². The van der Waals surface area contributed by atoms with E-state index >= 15 is 0 Å². The monoisotopic (exact) mass is 396 g/mol. The van der Waals surface area contributed by atoms with Crippen LogP contribution < -0.4 is 10.2 Å². The van der Waals surface area contributed by atoms with Crippen LogP contribution in [0.4, 0.5) is 23.4 Å². The third kappa shape index (κ3) is 5.17. The zero-order valence-corrected chi connectivity index (χ0v) is 15.3. The van der Waals surface area contributed by atoms with Crippen molar-refractivity contribution in [2.75, 3.05) is 18.0 Å². The van der Waals surface area contributed by atoms with Gasteiger partial charge in [0.2, 0.25) is 5.91 Å². The van der Waals surface area contributed by atoms with Crippen molar-refractivity contribution in [3.63, 3.8) is 0 Å². The van der Waals surface area contributed by atoms with Crippen molar-refractivity contribution in [1.82, 2.24) is 15.3 Å². The van der Waals surface area contributed by atoms with E-state index in [1.54, 1.807) is 17.0 Å². The Kier molecular flexibility index (Phi) is 5.81. The van der Waals surface area contributed by atoms with Gasteiger partial charge in [0.25, 0.3) is 0 Å². The maximum atomic E-state index is 12.9. The van der Waals surface area contributed by atoms with Gasteiger partial charge in [0.15, 0.2) is 0 Å². The lowest BCUT2D eigenvalue weighted by Gasteiger charge is -2.33. The van der Waals surface area contributed by atoms with Gasteiger partial charge in [-0.3, -0.25) is 4.79 Å². The molecule has 2 aromatic rings. The first-order valence-corrected chi connectivity index (χ1v) is 8.92. The van der Waals surface area contributed by atoms with Crippen molar-refractivity contribution in [2.24, 2.45) is 0 Å². The number of carbonyl (C=O) groups is 1. The fourth-order valence-electron chi connectivity index (χ4n) is 3.18. The number of hydrogen-bond acceptors (Lipinski definition) is 4. The van der Waals surface area contributed by atoms with Gasteiger partial charge in [-0.25, -0.2) is 14.4 Å². The topological polar surface area (TPSA) is 58.1 Å². The molecule has 0 aliphatic carbocycles. The van der Waals surface area contributed by atoms with Crippen LogP contribution in [0.1, 0.15) is 29.9 Å². The molecule has 1 aromatic heterocycles. The quantitative estimate of drug-likeness (QED) is 0.806. The number of aromatic nitrogens is 2. The van der Waals surface area contributed by atoms with E-state index in [1.165, 1.54) is 19.1 Å². The Bertz CT molecular complexity index is 831. The first kappa shape index (κ1) is 20.0. The van der Waals surface area contributed by atoms with Gasteiger partial charge in [-0.05, 0) is 37.5 Å². The average Bonchev–Trinajstić information content (AvgIpc) is 2.63. The maximum Gasteiger partial charge on any atom is 0.433 e. The highest BCUT2D eigenvalue weighted by atomic mass is 19.4. The lowest BCUT2D eigenvalue weighted by Crippen LogP contribution is -2.45. The average molecular weight is 396 g/mol. The van der Waals surface area contributed by atoms with E-state index in [2.05, 4.69) is 15.3 Å². The van der Waals surface area contributed by atoms with Gasteiger partial charge in [0, 0.05) is 25.2 Å². The molecule has 1 aromatic carbocycles. The zero-order chi connectivity index (χ0) is 20.3. The number of aryl methyl sites for hydroxylation is 1. The Hall–Kier alpha value is -2.71. The number of nitrogens with one attached hydrogen (secondary N) is 1. The van der Waals surface area contributed by atoms with E-state index < -0.39 is 11.9 Å². The van der Waals surface area contributed by atoms with Gasteiger partial charge in [0.1, 0.15) is 23.2 Å².